The molecule has 0 saturated carbocycles. The molecular weight excluding hydrogens is 543 g/mol. The van der Waals surface area contributed by atoms with Crippen LogP contribution in [0.1, 0.15) is 54.0 Å². The molecule has 3 aliphatic heterocycles. The molecule has 0 bridgehead atoms. The van der Waals surface area contributed by atoms with Gasteiger partial charge in [-0.25, -0.2) is 4.39 Å². The third kappa shape index (κ3) is 5.81. The second kappa shape index (κ2) is 10.7. The molecule has 2 aromatic carbocycles. The van der Waals surface area contributed by atoms with Crippen LogP contribution in [0.25, 0.3) is 0 Å². The van der Waals surface area contributed by atoms with Crippen LogP contribution in [0.15, 0.2) is 65.8 Å². The van der Waals surface area contributed by atoms with Crippen LogP contribution in [0.3, 0.4) is 0 Å². The lowest BCUT2D eigenvalue weighted by Crippen LogP contribution is -2.40. The van der Waals surface area contributed by atoms with E-state index in [9.17, 15) is 35.5 Å². The normalized spacial score (nSPS) is 24.4. The fourth-order valence-corrected chi connectivity index (χ4v) is 5.65. The lowest BCUT2D eigenvalue weighted by atomic mass is 9.85. The van der Waals surface area contributed by atoms with E-state index in [0.717, 1.165) is 11.1 Å². The van der Waals surface area contributed by atoms with Gasteiger partial charge in [-0.1, -0.05) is 24.3 Å². The summed E-state index contributed by atoms with van der Waals surface area (Å²) in [6, 6.07) is 6.51. The van der Waals surface area contributed by atoms with Crippen LogP contribution in [0.5, 0.6) is 0 Å². The maximum absolute atomic E-state index is 13.8. The number of halogens is 7. The molecule has 2 unspecified atom stereocenters. The average molecular weight is 570 g/mol. The molecule has 4 nitrogen and oxygen atoms in total. The van der Waals surface area contributed by atoms with Crippen LogP contribution < -0.4 is 0 Å². The van der Waals surface area contributed by atoms with Gasteiger partial charge < -0.3 is 14.4 Å². The van der Waals surface area contributed by atoms with E-state index in [4.69, 9.17) is 9.47 Å². The zero-order valence-electron chi connectivity index (χ0n) is 21.4. The number of carbonyl (C=O) groups is 1. The lowest BCUT2D eigenvalue weighted by Gasteiger charge is -2.32. The molecule has 0 spiro atoms. The SMILES string of the molecule is C[C@@H](OC1CN2C(=O)CC(C3=CCOCC3)=CC2[C@@H]1c1ccc(F)cc1)c1cc(C(F)(F)F)cc(C(F)(F)F)c1. The van der Waals surface area contributed by atoms with Crippen molar-refractivity contribution in [1.29, 1.82) is 0 Å². The molecule has 214 valence electrons. The Bertz CT molecular complexity index is 1300. The van der Waals surface area contributed by atoms with Crippen LogP contribution in [-0.2, 0) is 26.6 Å². The van der Waals surface area contributed by atoms with E-state index >= 15 is 0 Å². The molecule has 1 fully saturated rings. The Hall–Kier alpha value is -3.18. The van der Waals surface area contributed by atoms with Gasteiger partial charge in [0.25, 0.3) is 0 Å². The van der Waals surface area contributed by atoms with Crippen molar-refractivity contribution >= 4 is 5.91 Å². The van der Waals surface area contributed by atoms with Crippen molar-refractivity contribution in [3.8, 4) is 0 Å². The molecule has 2 aromatic rings. The predicted octanol–water partition coefficient (Wildman–Crippen LogP) is 6.98. The number of nitrogens with zero attached hydrogens (tertiary/aromatic N) is 1. The van der Waals surface area contributed by atoms with Crippen molar-refractivity contribution in [1.82, 2.24) is 4.90 Å². The van der Waals surface area contributed by atoms with Crippen molar-refractivity contribution in [2.75, 3.05) is 19.8 Å². The van der Waals surface area contributed by atoms with Gasteiger partial charge in [0.2, 0.25) is 5.91 Å². The summed E-state index contributed by atoms with van der Waals surface area (Å²) >= 11 is 0. The second-order valence-electron chi connectivity index (χ2n) is 10.2. The van der Waals surface area contributed by atoms with Crippen molar-refractivity contribution in [2.45, 2.75) is 56.3 Å². The van der Waals surface area contributed by atoms with Gasteiger partial charge in [0, 0.05) is 12.5 Å². The van der Waals surface area contributed by atoms with Gasteiger partial charge in [0.05, 0.1) is 49.0 Å². The van der Waals surface area contributed by atoms with Gasteiger partial charge in [-0.3, -0.25) is 4.79 Å². The molecule has 3 aliphatic rings. The molecule has 5 rings (SSSR count). The fraction of sp³-hybridized carbons (Fsp3) is 0.414. The summed E-state index contributed by atoms with van der Waals surface area (Å²) in [5.74, 6) is -1.17. The molecule has 4 atom stereocenters. The minimum absolute atomic E-state index is 0.0728. The number of alkyl halides is 6. The summed E-state index contributed by atoms with van der Waals surface area (Å²) in [5.41, 5.74) is -0.669. The number of amides is 1. The minimum atomic E-state index is -4.99. The van der Waals surface area contributed by atoms with Crippen molar-refractivity contribution in [3.05, 3.63) is 93.8 Å². The van der Waals surface area contributed by atoms with Gasteiger partial charge >= 0.3 is 12.4 Å². The Morgan fingerprint density at radius 2 is 1.62 bits per heavy atom. The fourth-order valence-electron chi connectivity index (χ4n) is 5.65. The number of fused-ring (bicyclic) bond motifs is 1. The third-order valence-corrected chi connectivity index (χ3v) is 7.63. The number of hydrogen-bond acceptors (Lipinski definition) is 3. The Kier molecular flexibility index (Phi) is 7.56. The second-order valence-corrected chi connectivity index (χ2v) is 10.2. The molecule has 0 N–H and O–H groups in total. The number of ether oxygens (including phenoxy) is 2. The number of rotatable bonds is 5. The molecule has 1 amide bonds. The van der Waals surface area contributed by atoms with E-state index < -0.39 is 53.5 Å². The topological polar surface area (TPSA) is 38.8 Å². The lowest BCUT2D eigenvalue weighted by molar-refractivity contribution is -0.143. The first-order valence-electron chi connectivity index (χ1n) is 12.8. The molecule has 0 aromatic heterocycles. The summed E-state index contributed by atoms with van der Waals surface area (Å²) in [7, 11) is 0. The van der Waals surface area contributed by atoms with E-state index in [1.54, 1.807) is 17.0 Å². The highest BCUT2D eigenvalue weighted by Crippen LogP contribution is 2.44. The number of hydrogen-bond donors (Lipinski definition) is 0. The molecule has 11 heteroatoms. The van der Waals surface area contributed by atoms with E-state index in [1.807, 2.05) is 12.2 Å². The van der Waals surface area contributed by atoms with E-state index in [-0.39, 0.29) is 30.5 Å². The first-order chi connectivity index (χ1) is 18.8. The summed E-state index contributed by atoms with van der Waals surface area (Å²) in [6.07, 6.45) is -7.26. The zero-order valence-corrected chi connectivity index (χ0v) is 21.4. The van der Waals surface area contributed by atoms with Crippen LogP contribution in [-0.4, -0.2) is 42.7 Å². The first-order valence-corrected chi connectivity index (χ1v) is 12.8. The van der Waals surface area contributed by atoms with Gasteiger partial charge in [-0.2, -0.15) is 26.3 Å². The van der Waals surface area contributed by atoms with Crippen LogP contribution in [0, 0.1) is 5.82 Å². The van der Waals surface area contributed by atoms with E-state index in [1.165, 1.54) is 19.1 Å². The average Bonchev–Trinajstić information content (AvgIpc) is 3.26. The number of benzene rings is 2. The quantitative estimate of drug-likeness (QED) is 0.365. The van der Waals surface area contributed by atoms with Gasteiger partial charge in [0.15, 0.2) is 0 Å². The summed E-state index contributed by atoms with van der Waals surface area (Å²) in [5, 5.41) is 0. The zero-order chi connectivity index (χ0) is 28.8. The van der Waals surface area contributed by atoms with E-state index in [0.29, 0.717) is 37.3 Å². The molecule has 0 radical (unpaired) electrons. The highest BCUT2D eigenvalue weighted by molar-refractivity contribution is 5.83. The van der Waals surface area contributed by atoms with E-state index in [2.05, 4.69) is 0 Å². The van der Waals surface area contributed by atoms with Gasteiger partial charge in [-0.15, -0.1) is 0 Å². The van der Waals surface area contributed by atoms with Crippen molar-refractivity contribution in [2.24, 2.45) is 0 Å². The minimum Gasteiger partial charge on any atom is -0.377 e. The molecule has 40 heavy (non-hydrogen) atoms. The Labute approximate surface area is 226 Å². The largest absolute Gasteiger partial charge is 0.416 e. The molecular formula is C29H26F7NO3. The monoisotopic (exact) mass is 569 g/mol. The summed E-state index contributed by atoms with van der Waals surface area (Å²) in [6.45, 7) is 2.40. The van der Waals surface area contributed by atoms with Crippen LogP contribution >= 0.6 is 0 Å². The Morgan fingerprint density at radius 1 is 0.975 bits per heavy atom. The van der Waals surface area contributed by atoms with Gasteiger partial charge in [-0.05, 0) is 65.9 Å². The van der Waals surface area contributed by atoms with Crippen molar-refractivity contribution < 1.29 is 45.0 Å². The standard InChI is InChI=1S/C29H26F7NO3/c1-16(19-10-21(28(31,32)33)14-22(11-19)29(34,35)36)40-25-15-37-24(27(25)18-2-4-23(30)5-3-18)12-20(13-26(37)38)17-6-8-39-9-7-17/h2-6,10-12,14,16,24-25,27H,7-9,13,15H2,1H3/t16-,24?,25?,27+/m1/s1. The third-order valence-electron chi connectivity index (χ3n) is 7.63. The molecule has 0 aliphatic carbocycles. The highest BCUT2D eigenvalue weighted by atomic mass is 19.4. The maximum Gasteiger partial charge on any atom is 0.416 e. The Morgan fingerprint density at radius 3 is 2.20 bits per heavy atom. The van der Waals surface area contributed by atoms with Gasteiger partial charge in [0.1, 0.15) is 5.82 Å². The predicted molar refractivity (Wildman–Crippen MR) is 131 cm³/mol. The summed E-state index contributed by atoms with van der Waals surface area (Å²) < 4.78 is 106. The first kappa shape index (κ1) is 28.4. The van der Waals surface area contributed by atoms with Crippen LogP contribution in [0.2, 0.25) is 0 Å². The smallest absolute Gasteiger partial charge is 0.377 e. The summed E-state index contributed by atoms with van der Waals surface area (Å²) in [4.78, 5) is 14.8. The molecule has 3 heterocycles. The molecule has 1 saturated heterocycles. The maximum atomic E-state index is 13.8. The Balaban J connectivity index is 1.51. The van der Waals surface area contributed by atoms with Crippen molar-refractivity contribution in [3.63, 3.8) is 0 Å². The van der Waals surface area contributed by atoms with Crippen LogP contribution in [0.4, 0.5) is 30.7 Å². The number of carbonyl (C=O) groups excluding carboxylic acids is 1. The highest BCUT2D eigenvalue weighted by Gasteiger charge is 2.47.